The quantitative estimate of drug-likeness (QED) is 0.426. The van der Waals surface area contributed by atoms with E-state index >= 15 is 0 Å². The van der Waals surface area contributed by atoms with E-state index in [1.165, 1.54) is 49.0 Å². The third-order valence-corrected chi connectivity index (χ3v) is 7.90. The Labute approximate surface area is 215 Å². The van der Waals surface area contributed by atoms with E-state index in [1.807, 2.05) is 18.2 Å². The molecule has 37 heavy (non-hydrogen) atoms. The highest BCUT2D eigenvalue weighted by molar-refractivity contribution is 7.92. The van der Waals surface area contributed by atoms with Crippen LogP contribution in [0.4, 0.5) is 10.1 Å². The van der Waals surface area contributed by atoms with Crippen LogP contribution < -0.4 is 14.4 Å². The van der Waals surface area contributed by atoms with Crippen molar-refractivity contribution >= 4 is 27.6 Å². The zero-order valence-corrected chi connectivity index (χ0v) is 21.0. The Balaban J connectivity index is 1.24. The molecule has 10 heteroatoms. The first-order valence-corrected chi connectivity index (χ1v) is 13.2. The molecule has 1 unspecified atom stereocenters. The lowest BCUT2D eigenvalue weighted by Gasteiger charge is -2.26. The van der Waals surface area contributed by atoms with Crippen LogP contribution in [0.15, 0.2) is 77.7 Å². The van der Waals surface area contributed by atoms with Gasteiger partial charge < -0.3 is 14.8 Å². The standard InChI is InChI=1S/C27H27FN2O6S/c1-30(37(33,34)23-15-9-20(28)10-16-23)21-11-13-22(14-12-21)35-18-27(32)36-17-26(31)29-25-8-4-6-19-5-2-3-7-24(19)25/h2-3,5,7,9-16,25H,4,6,8,17-18H2,1H3,(H,29,31). The first kappa shape index (κ1) is 26.2. The number of hydrogen-bond donors (Lipinski definition) is 1. The Morgan fingerprint density at radius 1 is 1.00 bits per heavy atom. The number of anilines is 1. The predicted octanol–water partition coefficient (Wildman–Crippen LogP) is 3.77. The molecule has 0 radical (unpaired) electrons. The fourth-order valence-electron chi connectivity index (χ4n) is 4.13. The minimum Gasteiger partial charge on any atom is -0.482 e. The maximum absolute atomic E-state index is 13.1. The van der Waals surface area contributed by atoms with Crippen LogP contribution in [-0.2, 0) is 30.8 Å². The molecule has 1 aliphatic rings. The van der Waals surface area contributed by atoms with Crippen molar-refractivity contribution in [2.45, 2.75) is 30.2 Å². The van der Waals surface area contributed by atoms with Gasteiger partial charge in [0.05, 0.1) is 16.6 Å². The molecule has 1 N–H and O–H groups in total. The van der Waals surface area contributed by atoms with Crippen LogP contribution in [0.25, 0.3) is 0 Å². The number of amides is 1. The van der Waals surface area contributed by atoms with Gasteiger partial charge in [0.25, 0.3) is 15.9 Å². The molecule has 0 spiro atoms. The van der Waals surface area contributed by atoms with Gasteiger partial charge in [0.2, 0.25) is 0 Å². The second-order valence-electron chi connectivity index (χ2n) is 8.58. The van der Waals surface area contributed by atoms with Gasteiger partial charge >= 0.3 is 5.97 Å². The summed E-state index contributed by atoms with van der Waals surface area (Å²) in [6, 6.07) is 18.5. The molecule has 0 saturated carbocycles. The number of benzene rings is 3. The molecule has 3 aromatic carbocycles. The number of aryl methyl sites for hydroxylation is 1. The summed E-state index contributed by atoms with van der Waals surface area (Å²) in [5, 5.41) is 2.92. The summed E-state index contributed by atoms with van der Waals surface area (Å²) in [6.07, 6.45) is 2.79. The average Bonchev–Trinajstić information content (AvgIpc) is 2.91. The summed E-state index contributed by atoms with van der Waals surface area (Å²) in [6.45, 7) is -0.825. The van der Waals surface area contributed by atoms with E-state index in [0.29, 0.717) is 11.4 Å². The summed E-state index contributed by atoms with van der Waals surface area (Å²) >= 11 is 0. The minimum absolute atomic E-state index is 0.0452. The van der Waals surface area contributed by atoms with E-state index in [2.05, 4.69) is 11.4 Å². The number of rotatable bonds is 9. The average molecular weight is 527 g/mol. The number of carbonyl (C=O) groups is 2. The van der Waals surface area contributed by atoms with Gasteiger partial charge in [0.1, 0.15) is 11.6 Å². The number of nitrogens with zero attached hydrogens (tertiary/aromatic N) is 1. The second kappa shape index (κ2) is 11.4. The molecule has 0 bridgehead atoms. The monoisotopic (exact) mass is 526 g/mol. The molecular weight excluding hydrogens is 499 g/mol. The van der Waals surface area contributed by atoms with E-state index in [4.69, 9.17) is 9.47 Å². The Kier molecular flexibility index (Phi) is 8.08. The van der Waals surface area contributed by atoms with Crippen molar-refractivity contribution in [3.8, 4) is 5.75 Å². The molecule has 0 heterocycles. The van der Waals surface area contributed by atoms with E-state index < -0.39 is 35.0 Å². The van der Waals surface area contributed by atoms with Gasteiger partial charge in [-0.05, 0) is 78.9 Å². The van der Waals surface area contributed by atoms with Gasteiger partial charge in [0, 0.05) is 7.05 Å². The number of fused-ring (bicyclic) bond motifs is 1. The molecule has 0 fully saturated rings. The molecule has 4 rings (SSSR count). The van der Waals surface area contributed by atoms with Crippen molar-refractivity contribution in [1.82, 2.24) is 5.32 Å². The molecule has 3 aromatic rings. The highest BCUT2D eigenvalue weighted by Crippen LogP contribution is 2.29. The van der Waals surface area contributed by atoms with Crippen LogP contribution in [-0.4, -0.2) is 40.6 Å². The van der Waals surface area contributed by atoms with Crippen molar-refractivity contribution < 1.29 is 31.9 Å². The Hall–Kier alpha value is -3.92. The van der Waals surface area contributed by atoms with Crippen molar-refractivity contribution in [2.75, 3.05) is 24.6 Å². The number of ether oxygens (including phenoxy) is 2. The fourth-order valence-corrected chi connectivity index (χ4v) is 5.32. The van der Waals surface area contributed by atoms with Crippen LogP contribution in [0, 0.1) is 5.82 Å². The number of hydrogen-bond acceptors (Lipinski definition) is 6. The second-order valence-corrected chi connectivity index (χ2v) is 10.6. The first-order valence-electron chi connectivity index (χ1n) is 11.7. The summed E-state index contributed by atoms with van der Waals surface area (Å²) in [5.74, 6) is -1.31. The summed E-state index contributed by atoms with van der Waals surface area (Å²) < 4.78 is 50.1. The van der Waals surface area contributed by atoms with Crippen LogP contribution in [0.3, 0.4) is 0 Å². The van der Waals surface area contributed by atoms with Crippen molar-refractivity contribution in [1.29, 1.82) is 0 Å². The molecule has 0 saturated heterocycles. The number of sulfonamides is 1. The third-order valence-electron chi connectivity index (χ3n) is 6.10. The van der Waals surface area contributed by atoms with E-state index in [1.54, 1.807) is 0 Å². The lowest BCUT2D eigenvalue weighted by Crippen LogP contribution is -2.34. The van der Waals surface area contributed by atoms with Crippen LogP contribution >= 0.6 is 0 Å². The van der Waals surface area contributed by atoms with Gasteiger partial charge in [-0.25, -0.2) is 17.6 Å². The molecule has 1 amide bonds. The zero-order chi connectivity index (χ0) is 26.4. The van der Waals surface area contributed by atoms with Crippen LogP contribution in [0.5, 0.6) is 5.75 Å². The Morgan fingerprint density at radius 2 is 1.70 bits per heavy atom. The number of carbonyl (C=O) groups excluding carboxylic acids is 2. The summed E-state index contributed by atoms with van der Waals surface area (Å²) in [7, 11) is -2.50. The van der Waals surface area contributed by atoms with Crippen molar-refractivity contribution in [3.63, 3.8) is 0 Å². The lowest BCUT2D eigenvalue weighted by atomic mass is 9.88. The first-order chi connectivity index (χ1) is 17.7. The van der Waals surface area contributed by atoms with Gasteiger partial charge in [0.15, 0.2) is 13.2 Å². The minimum atomic E-state index is -3.88. The van der Waals surface area contributed by atoms with Gasteiger partial charge in [-0.2, -0.15) is 0 Å². The lowest BCUT2D eigenvalue weighted by molar-refractivity contribution is -0.150. The summed E-state index contributed by atoms with van der Waals surface area (Å²) in [4.78, 5) is 24.3. The smallest absolute Gasteiger partial charge is 0.344 e. The highest BCUT2D eigenvalue weighted by atomic mass is 32.2. The normalized spacial score (nSPS) is 14.8. The Morgan fingerprint density at radius 3 is 2.43 bits per heavy atom. The molecule has 0 aromatic heterocycles. The van der Waals surface area contributed by atoms with E-state index in [9.17, 15) is 22.4 Å². The van der Waals surface area contributed by atoms with Gasteiger partial charge in [-0.15, -0.1) is 0 Å². The SMILES string of the molecule is CN(c1ccc(OCC(=O)OCC(=O)NC2CCCc3ccccc32)cc1)S(=O)(=O)c1ccc(F)cc1. The van der Waals surface area contributed by atoms with Crippen LogP contribution in [0.1, 0.15) is 30.0 Å². The Bertz CT molecular complexity index is 1360. The predicted molar refractivity (Wildman–Crippen MR) is 135 cm³/mol. The maximum atomic E-state index is 13.1. The number of esters is 1. The topological polar surface area (TPSA) is 102 Å². The molecule has 194 valence electrons. The molecule has 1 atom stereocenters. The van der Waals surface area contributed by atoms with Gasteiger partial charge in [-0.1, -0.05) is 24.3 Å². The summed E-state index contributed by atoms with van der Waals surface area (Å²) in [5.41, 5.74) is 2.66. The van der Waals surface area contributed by atoms with E-state index in [-0.39, 0.29) is 16.8 Å². The zero-order valence-electron chi connectivity index (χ0n) is 20.2. The molecule has 8 nitrogen and oxygen atoms in total. The molecule has 0 aliphatic heterocycles. The molecule has 1 aliphatic carbocycles. The molecular formula is C27H27FN2O6S. The van der Waals surface area contributed by atoms with Crippen LogP contribution in [0.2, 0.25) is 0 Å². The third kappa shape index (κ3) is 6.45. The van der Waals surface area contributed by atoms with Crippen molar-refractivity contribution in [3.05, 3.63) is 89.7 Å². The maximum Gasteiger partial charge on any atom is 0.344 e. The van der Waals surface area contributed by atoms with Gasteiger partial charge in [-0.3, -0.25) is 9.10 Å². The largest absolute Gasteiger partial charge is 0.482 e. The fraction of sp³-hybridized carbons (Fsp3) is 0.259. The van der Waals surface area contributed by atoms with E-state index in [0.717, 1.165) is 41.3 Å². The number of halogens is 1. The highest BCUT2D eigenvalue weighted by Gasteiger charge is 2.23. The van der Waals surface area contributed by atoms with Crippen molar-refractivity contribution in [2.24, 2.45) is 0 Å². The number of nitrogens with one attached hydrogen (secondary N) is 1.